The Kier molecular flexibility index (Phi) is 4.02. The molecular weight excluding hydrogens is 250 g/mol. The van der Waals surface area contributed by atoms with Crippen LogP contribution in [-0.4, -0.2) is 23.2 Å². The highest BCUT2D eigenvalue weighted by Crippen LogP contribution is 2.32. The van der Waals surface area contributed by atoms with E-state index < -0.39 is 5.60 Å². The maximum atomic E-state index is 12.0. The molecule has 0 spiro atoms. The molecule has 2 rings (SSSR count). The highest BCUT2D eigenvalue weighted by atomic mass is 32.1. The summed E-state index contributed by atoms with van der Waals surface area (Å²) in [4.78, 5) is 16.8. The molecule has 0 bridgehead atoms. The number of rotatable bonds is 4. The van der Waals surface area contributed by atoms with Gasteiger partial charge in [-0.15, -0.1) is 11.3 Å². The number of ether oxygens (including phenoxy) is 2. The van der Waals surface area contributed by atoms with Gasteiger partial charge in [-0.25, -0.2) is 9.78 Å². The number of nitrogens with zero attached hydrogens (tertiary/aromatic N) is 1. The van der Waals surface area contributed by atoms with Crippen molar-refractivity contribution in [3.05, 3.63) is 16.1 Å². The minimum Gasteiger partial charge on any atom is -0.455 e. The predicted octanol–water partition coefficient (Wildman–Crippen LogP) is 3.34. The van der Waals surface area contributed by atoms with Crippen molar-refractivity contribution < 1.29 is 14.3 Å². The van der Waals surface area contributed by atoms with Crippen LogP contribution < -0.4 is 0 Å². The van der Waals surface area contributed by atoms with Crippen molar-refractivity contribution in [3.8, 4) is 0 Å². The van der Waals surface area contributed by atoms with Crippen LogP contribution in [0.5, 0.6) is 0 Å². The first-order valence-electron chi connectivity index (χ1n) is 6.32. The lowest BCUT2D eigenvalue weighted by Crippen LogP contribution is -2.26. The third-order valence-electron chi connectivity index (χ3n) is 3.15. The van der Waals surface area contributed by atoms with Crippen LogP contribution >= 0.6 is 11.3 Å². The zero-order valence-corrected chi connectivity index (χ0v) is 11.9. The average Bonchev–Trinajstić information content (AvgIpc) is 2.99. The fraction of sp³-hybridized carbons (Fsp3) is 0.692. The molecule has 1 aromatic rings. The Morgan fingerprint density at radius 2 is 2.44 bits per heavy atom. The summed E-state index contributed by atoms with van der Waals surface area (Å²) in [7, 11) is 0. The monoisotopic (exact) mass is 269 g/mol. The van der Waals surface area contributed by atoms with Gasteiger partial charge in [-0.05, 0) is 33.1 Å². The highest BCUT2D eigenvalue weighted by Gasteiger charge is 2.26. The zero-order chi connectivity index (χ0) is 13.2. The molecule has 1 atom stereocenters. The summed E-state index contributed by atoms with van der Waals surface area (Å²) in [5.74, 6) is -0.288. The van der Waals surface area contributed by atoms with E-state index >= 15 is 0 Å². The van der Waals surface area contributed by atoms with Crippen molar-refractivity contribution in [1.29, 1.82) is 0 Å². The van der Waals surface area contributed by atoms with Gasteiger partial charge in [-0.1, -0.05) is 6.92 Å². The molecule has 2 heterocycles. The topological polar surface area (TPSA) is 48.4 Å². The normalized spacial score (nSPS) is 20.1. The van der Waals surface area contributed by atoms with E-state index in [1.165, 1.54) is 11.3 Å². The molecule has 18 heavy (non-hydrogen) atoms. The van der Waals surface area contributed by atoms with Gasteiger partial charge in [-0.3, -0.25) is 0 Å². The van der Waals surface area contributed by atoms with Crippen LogP contribution in [-0.2, 0) is 9.47 Å². The van der Waals surface area contributed by atoms with Crippen molar-refractivity contribution >= 4 is 17.3 Å². The van der Waals surface area contributed by atoms with Crippen molar-refractivity contribution in [3.63, 3.8) is 0 Å². The van der Waals surface area contributed by atoms with Crippen LogP contribution in [0.25, 0.3) is 0 Å². The van der Waals surface area contributed by atoms with Gasteiger partial charge in [0.05, 0.1) is 6.20 Å². The van der Waals surface area contributed by atoms with E-state index in [2.05, 4.69) is 4.98 Å². The van der Waals surface area contributed by atoms with Crippen LogP contribution in [0.3, 0.4) is 0 Å². The molecule has 1 aromatic heterocycles. The maximum absolute atomic E-state index is 12.0. The number of hydrogen-bond acceptors (Lipinski definition) is 5. The number of aromatic nitrogens is 1. The lowest BCUT2D eigenvalue weighted by atomic mass is 10.1. The van der Waals surface area contributed by atoms with Crippen LogP contribution in [0, 0.1) is 0 Å². The number of carbonyl (C=O) groups is 1. The van der Waals surface area contributed by atoms with Gasteiger partial charge in [-0.2, -0.15) is 0 Å². The maximum Gasteiger partial charge on any atom is 0.350 e. The molecule has 1 unspecified atom stereocenters. The highest BCUT2D eigenvalue weighted by molar-refractivity contribution is 7.13. The van der Waals surface area contributed by atoms with E-state index in [1.54, 1.807) is 6.20 Å². The lowest BCUT2D eigenvalue weighted by molar-refractivity contribution is -0.00191. The summed E-state index contributed by atoms with van der Waals surface area (Å²) in [5.41, 5.74) is -0.426. The Morgan fingerprint density at radius 1 is 1.67 bits per heavy atom. The van der Waals surface area contributed by atoms with Crippen LogP contribution in [0.2, 0.25) is 0 Å². The van der Waals surface area contributed by atoms with Crippen molar-refractivity contribution in [1.82, 2.24) is 4.98 Å². The quantitative estimate of drug-likeness (QED) is 0.787. The van der Waals surface area contributed by atoms with Crippen molar-refractivity contribution in [2.24, 2.45) is 0 Å². The van der Waals surface area contributed by atoms with Gasteiger partial charge < -0.3 is 9.47 Å². The second-order valence-corrected chi connectivity index (χ2v) is 6.13. The fourth-order valence-corrected chi connectivity index (χ4v) is 2.56. The molecule has 1 aliphatic heterocycles. The molecule has 0 aromatic carbocycles. The molecule has 1 fully saturated rings. The van der Waals surface area contributed by atoms with Gasteiger partial charge in [0.1, 0.15) is 21.6 Å². The molecule has 0 saturated carbocycles. The molecule has 4 nitrogen and oxygen atoms in total. The molecule has 1 aliphatic rings. The first kappa shape index (κ1) is 13.5. The Bertz CT molecular complexity index is 422. The summed E-state index contributed by atoms with van der Waals surface area (Å²) in [6, 6.07) is 0. The Balaban J connectivity index is 2.03. The summed E-state index contributed by atoms with van der Waals surface area (Å²) in [6.07, 6.45) is 4.50. The van der Waals surface area contributed by atoms with E-state index in [0.717, 1.165) is 30.9 Å². The molecule has 1 saturated heterocycles. The molecule has 100 valence electrons. The molecule has 0 aliphatic carbocycles. The predicted molar refractivity (Wildman–Crippen MR) is 69.8 cm³/mol. The molecule has 0 radical (unpaired) electrons. The molecular formula is C13H19NO3S. The zero-order valence-electron chi connectivity index (χ0n) is 11.1. The summed E-state index contributed by atoms with van der Waals surface area (Å²) < 4.78 is 11.0. The molecule has 0 amide bonds. The number of esters is 1. The van der Waals surface area contributed by atoms with Crippen molar-refractivity contribution in [2.45, 2.75) is 51.7 Å². The first-order valence-corrected chi connectivity index (χ1v) is 7.14. The number of thiazole rings is 1. The van der Waals surface area contributed by atoms with Gasteiger partial charge in [0, 0.05) is 6.61 Å². The van der Waals surface area contributed by atoms with E-state index in [9.17, 15) is 4.79 Å². The van der Waals surface area contributed by atoms with Crippen molar-refractivity contribution in [2.75, 3.05) is 6.61 Å². The van der Waals surface area contributed by atoms with Gasteiger partial charge in [0.2, 0.25) is 0 Å². The van der Waals surface area contributed by atoms with Crippen LogP contribution in [0.4, 0.5) is 0 Å². The molecule has 0 N–H and O–H groups in total. The summed E-state index contributed by atoms with van der Waals surface area (Å²) in [6.45, 7) is 6.60. The second kappa shape index (κ2) is 5.36. The van der Waals surface area contributed by atoms with E-state index in [4.69, 9.17) is 9.47 Å². The Hall–Kier alpha value is -0.940. The number of carbonyl (C=O) groups excluding carboxylic acids is 1. The lowest BCUT2D eigenvalue weighted by Gasteiger charge is -2.22. The smallest absolute Gasteiger partial charge is 0.350 e. The van der Waals surface area contributed by atoms with E-state index in [-0.39, 0.29) is 12.1 Å². The first-order chi connectivity index (χ1) is 8.52. The van der Waals surface area contributed by atoms with E-state index in [1.807, 2.05) is 20.8 Å². The van der Waals surface area contributed by atoms with Crippen LogP contribution in [0.1, 0.15) is 60.8 Å². The van der Waals surface area contributed by atoms with Gasteiger partial charge >= 0.3 is 5.97 Å². The second-order valence-electron chi connectivity index (χ2n) is 5.07. The Morgan fingerprint density at radius 3 is 3.06 bits per heavy atom. The third kappa shape index (κ3) is 3.09. The fourth-order valence-electron chi connectivity index (χ4n) is 1.68. The largest absolute Gasteiger partial charge is 0.455 e. The number of hydrogen-bond donors (Lipinski definition) is 0. The third-order valence-corrected chi connectivity index (χ3v) is 4.22. The Labute approximate surface area is 111 Å². The molecule has 5 heteroatoms. The van der Waals surface area contributed by atoms with Gasteiger partial charge in [0.15, 0.2) is 0 Å². The summed E-state index contributed by atoms with van der Waals surface area (Å²) >= 11 is 1.38. The van der Waals surface area contributed by atoms with E-state index in [0.29, 0.717) is 4.88 Å². The SMILES string of the molecule is CCC(C)(C)OC(=O)c1cnc(C2CCCO2)s1. The average molecular weight is 269 g/mol. The summed E-state index contributed by atoms with van der Waals surface area (Å²) in [5, 5.41) is 0.883. The van der Waals surface area contributed by atoms with Gasteiger partial charge in [0.25, 0.3) is 0 Å². The minimum atomic E-state index is -0.426. The standard InChI is InChI=1S/C13H19NO3S/c1-4-13(2,3)17-12(15)10-8-14-11(18-10)9-6-5-7-16-9/h8-9H,4-7H2,1-3H3. The van der Waals surface area contributed by atoms with Crippen LogP contribution in [0.15, 0.2) is 6.20 Å². The minimum absolute atomic E-state index is 0.0655.